The minimum absolute atomic E-state index is 0.143. The average molecular weight is 273 g/mol. The van der Waals surface area contributed by atoms with Gasteiger partial charge in [-0.05, 0) is 26.2 Å². The molecule has 0 spiro atoms. The fourth-order valence-electron chi connectivity index (χ4n) is 1.86. The second-order valence-electron chi connectivity index (χ2n) is 4.58. The Morgan fingerprint density at radius 2 is 2.17 bits per heavy atom. The molecule has 1 saturated carbocycles. The summed E-state index contributed by atoms with van der Waals surface area (Å²) in [7, 11) is -2.21. The van der Waals surface area contributed by atoms with Crippen molar-refractivity contribution in [3.8, 4) is 0 Å². The smallest absolute Gasteiger partial charge is 0.324 e. The molecule has 0 atom stereocenters. The first-order valence-electron chi connectivity index (χ1n) is 5.54. The lowest BCUT2D eigenvalue weighted by molar-refractivity contribution is -0.147. The van der Waals surface area contributed by atoms with Crippen LogP contribution in [0.25, 0.3) is 0 Å². The molecule has 18 heavy (non-hydrogen) atoms. The summed E-state index contributed by atoms with van der Waals surface area (Å²) in [4.78, 5) is 15.0. The van der Waals surface area contributed by atoms with Crippen LogP contribution >= 0.6 is 0 Å². The van der Waals surface area contributed by atoms with Gasteiger partial charge in [-0.3, -0.25) is 4.79 Å². The molecule has 0 unspecified atom stereocenters. The van der Waals surface area contributed by atoms with E-state index in [9.17, 15) is 13.2 Å². The SMILES string of the molecule is Cc1nc(S(=O)(=O)NC2(C(=O)O)CCC2)cn1C. The molecule has 1 heterocycles. The van der Waals surface area contributed by atoms with Crippen molar-refractivity contribution in [1.29, 1.82) is 0 Å². The predicted octanol–water partition coefficient (Wildman–Crippen LogP) is 0.0141. The first-order chi connectivity index (χ1) is 8.27. The van der Waals surface area contributed by atoms with Crippen molar-refractivity contribution < 1.29 is 18.3 Å². The summed E-state index contributed by atoms with van der Waals surface area (Å²) in [6, 6.07) is 0. The van der Waals surface area contributed by atoms with E-state index in [4.69, 9.17) is 5.11 Å². The van der Waals surface area contributed by atoms with Crippen LogP contribution in [-0.2, 0) is 21.9 Å². The number of hydrogen-bond acceptors (Lipinski definition) is 4. The van der Waals surface area contributed by atoms with E-state index in [1.807, 2.05) is 0 Å². The van der Waals surface area contributed by atoms with Crippen LogP contribution in [0.5, 0.6) is 0 Å². The van der Waals surface area contributed by atoms with E-state index in [0.29, 0.717) is 25.1 Å². The zero-order chi connectivity index (χ0) is 13.6. The highest BCUT2D eigenvalue weighted by Gasteiger charge is 2.48. The molecule has 0 radical (unpaired) electrons. The van der Waals surface area contributed by atoms with Crippen LogP contribution in [0.15, 0.2) is 11.2 Å². The largest absolute Gasteiger partial charge is 0.480 e. The van der Waals surface area contributed by atoms with Crippen LogP contribution in [0.4, 0.5) is 0 Å². The van der Waals surface area contributed by atoms with E-state index < -0.39 is 21.5 Å². The van der Waals surface area contributed by atoms with Gasteiger partial charge in [-0.2, -0.15) is 4.72 Å². The number of imidazole rings is 1. The van der Waals surface area contributed by atoms with E-state index in [0.717, 1.165) is 0 Å². The van der Waals surface area contributed by atoms with Crippen molar-refractivity contribution in [2.24, 2.45) is 7.05 Å². The standard InChI is InChI=1S/C10H15N3O4S/c1-7-11-8(6-13(7)2)18(16,17)12-10(9(14)15)4-3-5-10/h6,12H,3-5H2,1-2H3,(H,14,15). The van der Waals surface area contributed by atoms with Crippen LogP contribution < -0.4 is 4.72 Å². The summed E-state index contributed by atoms with van der Waals surface area (Å²) >= 11 is 0. The number of hydrogen-bond donors (Lipinski definition) is 2. The third-order valence-electron chi connectivity index (χ3n) is 3.31. The number of sulfonamides is 1. The van der Waals surface area contributed by atoms with Crippen LogP contribution in [-0.4, -0.2) is 34.6 Å². The lowest BCUT2D eigenvalue weighted by Gasteiger charge is -2.37. The van der Waals surface area contributed by atoms with Crippen LogP contribution in [0.2, 0.25) is 0 Å². The Kier molecular flexibility index (Phi) is 2.94. The third kappa shape index (κ3) is 2.01. The number of aromatic nitrogens is 2. The number of carboxylic acids is 1. The van der Waals surface area contributed by atoms with Crippen LogP contribution in [0.1, 0.15) is 25.1 Å². The molecule has 100 valence electrons. The van der Waals surface area contributed by atoms with Gasteiger partial charge < -0.3 is 9.67 Å². The number of carboxylic acid groups (broad SMARTS) is 1. The number of aryl methyl sites for hydroxylation is 2. The van der Waals surface area contributed by atoms with E-state index in [1.54, 1.807) is 18.5 Å². The monoisotopic (exact) mass is 273 g/mol. The predicted molar refractivity (Wildman–Crippen MR) is 62.5 cm³/mol. The Morgan fingerprint density at radius 1 is 1.56 bits per heavy atom. The minimum atomic E-state index is -3.89. The Morgan fingerprint density at radius 3 is 2.50 bits per heavy atom. The van der Waals surface area contributed by atoms with Gasteiger partial charge in [0.15, 0.2) is 5.03 Å². The highest BCUT2D eigenvalue weighted by molar-refractivity contribution is 7.89. The molecule has 2 rings (SSSR count). The second kappa shape index (κ2) is 4.06. The lowest BCUT2D eigenvalue weighted by atomic mass is 9.78. The number of aliphatic carboxylic acids is 1. The van der Waals surface area contributed by atoms with Gasteiger partial charge in [0.1, 0.15) is 11.4 Å². The third-order valence-corrected chi connectivity index (χ3v) is 4.71. The van der Waals surface area contributed by atoms with Gasteiger partial charge in [-0.1, -0.05) is 0 Å². The zero-order valence-electron chi connectivity index (χ0n) is 10.2. The van der Waals surface area contributed by atoms with Gasteiger partial charge in [0.25, 0.3) is 10.0 Å². The molecule has 1 aromatic rings. The number of nitrogens with zero attached hydrogens (tertiary/aromatic N) is 2. The minimum Gasteiger partial charge on any atom is -0.480 e. The molecule has 0 amide bonds. The normalized spacial score (nSPS) is 18.3. The molecule has 1 aliphatic rings. The van der Waals surface area contributed by atoms with Gasteiger partial charge in [0, 0.05) is 13.2 Å². The van der Waals surface area contributed by atoms with Crippen molar-refractivity contribution in [3.63, 3.8) is 0 Å². The second-order valence-corrected chi connectivity index (χ2v) is 6.21. The number of rotatable bonds is 4. The quantitative estimate of drug-likeness (QED) is 0.805. The van der Waals surface area contributed by atoms with Crippen molar-refractivity contribution in [2.45, 2.75) is 36.8 Å². The molecular weight excluding hydrogens is 258 g/mol. The molecule has 0 bridgehead atoms. The van der Waals surface area contributed by atoms with Gasteiger partial charge in [-0.25, -0.2) is 13.4 Å². The van der Waals surface area contributed by atoms with E-state index in [1.165, 1.54) is 6.20 Å². The Labute approximate surface area is 105 Å². The summed E-state index contributed by atoms with van der Waals surface area (Å²) in [5.41, 5.74) is -1.36. The van der Waals surface area contributed by atoms with Crippen LogP contribution in [0.3, 0.4) is 0 Å². The van der Waals surface area contributed by atoms with Gasteiger partial charge in [0.05, 0.1) is 0 Å². The molecule has 2 N–H and O–H groups in total. The van der Waals surface area contributed by atoms with Gasteiger partial charge in [0.2, 0.25) is 0 Å². The summed E-state index contributed by atoms with van der Waals surface area (Å²) in [6.45, 7) is 1.68. The molecular formula is C10H15N3O4S. The summed E-state index contributed by atoms with van der Waals surface area (Å²) < 4.78 is 28.0. The Balaban J connectivity index is 2.30. The van der Waals surface area contributed by atoms with Crippen molar-refractivity contribution in [2.75, 3.05) is 0 Å². The van der Waals surface area contributed by atoms with E-state index >= 15 is 0 Å². The molecule has 8 heteroatoms. The van der Waals surface area contributed by atoms with E-state index in [2.05, 4.69) is 9.71 Å². The fraction of sp³-hybridized carbons (Fsp3) is 0.600. The molecule has 7 nitrogen and oxygen atoms in total. The van der Waals surface area contributed by atoms with Gasteiger partial charge in [-0.15, -0.1) is 0 Å². The first kappa shape index (κ1) is 13.0. The number of carbonyl (C=O) groups is 1. The maximum atomic E-state index is 12.1. The first-order valence-corrected chi connectivity index (χ1v) is 7.02. The fourth-order valence-corrected chi connectivity index (χ4v) is 3.31. The molecule has 0 aromatic carbocycles. The summed E-state index contributed by atoms with van der Waals surface area (Å²) in [5.74, 6) is -0.585. The van der Waals surface area contributed by atoms with E-state index in [-0.39, 0.29) is 5.03 Å². The lowest BCUT2D eigenvalue weighted by Crippen LogP contribution is -2.58. The molecule has 0 aliphatic heterocycles. The highest BCUT2D eigenvalue weighted by atomic mass is 32.2. The van der Waals surface area contributed by atoms with Crippen LogP contribution in [0, 0.1) is 6.92 Å². The Hall–Kier alpha value is -1.41. The van der Waals surface area contributed by atoms with Crippen molar-refractivity contribution >= 4 is 16.0 Å². The molecule has 1 fully saturated rings. The summed E-state index contributed by atoms with van der Waals surface area (Å²) in [5, 5.41) is 8.96. The van der Waals surface area contributed by atoms with Gasteiger partial charge >= 0.3 is 5.97 Å². The zero-order valence-corrected chi connectivity index (χ0v) is 11.0. The topological polar surface area (TPSA) is 101 Å². The molecule has 1 aliphatic carbocycles. The molecule has 0 saturated heterocycles. The highest BCUT2D eigenvalue weighted by Crippen LogP contribution is 2.33. The molecule has 1 aromatic heterocycles. The summed E-state index contributed by atoms with van der Waals surface area (Å²) in [6.07, 6.45) is 2.70. The maximum absolute atomic E-state index is 12.1. The maximum Gasteiger partial charge on any atom is 0.324 e. The number of nitrogens with one attached hydrogen (secondary N) is 1. The van der Waals surface area contributed by atoms with Crippen molar-refractivity contribution in [1.82, 2.24) is 14.3 Å². The average Bonchev–Trinajstić information content (AvgIpc) is 2.53. The Bertz CT molecular complexity index is 567. The van der Waals surface area contributed by atoms with Crippen molar-refractivity contribution in [3.05, 3.63) is 12.0 Å².